The molecular formula is C15H17BrN2. The zero-order valence-electron chi connectivity index (χ0n) is 10.4. The molecule has 0 aliphatic heterocycles. The van der Waals surface area contributed by atoms with Gasteiger partial charge in [-0.05, 0) is 39.9 Å². The molecule has 1 heterocycles. The van der Waals surface area contributed by atoms with Gasteiger partial charge in [-0.15, -0.1) is 0 Å². The van der Waals surface area contributed by atoms with Crippen molar-refractivity contribution in [2.24, 2.45) is 0 Å². The second-order valence-corrected chi connectivity index (χ2v) is 5.24. The molecule has 0 aliphatic rings. The fraction of sp³-hybridized carbons (Fsp3) is 0.267. The summed E-state index contributed by atoms with van der Waals surface area (Å²) < 4.78 is 1.01. The average molecular weight is 305 g/mol. The summed E-state index contributed by atoms with van der Waals surface area (Å²) >= 11 is 3.48. The van der Waals surface area contributed by atoms with Gasteiger partial charge >= 0.3 is 0 Å². The molecule has 0 saturated carbocycles. The summed E-state index contributed by atoms with van der Waals surface area (Å²) in [6.07, 6.45) is 4.72. The number of pyridine rings is 1. The third kappa shape index (κ3) is 3.57. The minimum atomic E-state index is 0.569. The van der Waals surface area contributed by atoms with E-state index in [1.54, 1.807) is 6.20 Å². The molecule has 0 aliphatic carbocycles. The normalized spacial score (nSPS) is 12.1. The highest BCUT2D eigenvalue weighted by Crippen LogP contribution is 2.22. The molecule has 94 valence electrons. The minimum Gasteiger partial charge on any atom is -0.384 e. The van der Waals surface area contributed by atoms with Crippen LogP contribution in [0.5, 0.6) is 0 Å². The number of hydrogen-bond acceptors (Lipinski definition) is 2. The number of rotatable bonds is 5. The van der Waals surface area contributed by atoms with Crippen molar-refractivity contribution in [3.8, 4) is 0 Å². The fourth-order valence-electron chi connectivity index (χ4n) is 1.89. The van der Waals surface area contributed by atoms with E-state index in [0.29, 0.717) is 5.92 Å². The third-order valence-corrected chi connectivity index (χ3v) is 3.67. The summed E-state index contributed by atoms with van der Waals surface area (Å²) in [5, 5.41) is 3.43. The maximum atomic E-state index is 4.05. The van der Waals surface area contributed by atoms with Crippen molar-refractivity contribution >= 4 is 21.6 Å². The number of halogens is 1. The van der Waals surface area contributed by atoms with E-state index in [9.17, 15) is 0 Å². The van der Waals surface area contributed by atoms with Gasteiger partial charge in [0.25, 0.3) is 0 Å². The summed E-state index contributed by atoms with van der Waals surface area (Å²) in [6.45, 7) is 3.22. The first kappa shape index (κ1) is 13.1. The van der Waals surface area contributed by atoms with Crippen LogP contribution in [0, 0.1) is 0 Å². The van der Waals surface area contributed by atoms with E-state index in [0.717, 1.165) is 23.1 Å². The van der Waals surface area contributed by atoms with Crippen LogP contribution < -0.4 is 5.32 Å². The Morgan fingerprint density at radius 1 is 1.22 bits per heavy atom. The van der Waals surface area contributed by atoms with Crippen LogP contribution >= 0.6 is 15.9 Å². The van der Waals surface area contributed by atoms with E-state index in [-0.39, 0.29) is 0 Å². The van der Waals surface area contributed by atoms with Crippen LogP contribution in [0.2, 0.25) is 0 Å². The number of aromatic nitrogens is 1. The van der Waals surface area contributed by atoms with Crippen LogP contribution in [0.3, 0.4) is 0 Å². The highest BCUT2D eigenvalue weighted by Gasteiger charge is 2.05. The molecule has 1 N–H and O–H groups in total. The lowest BCUT2D eigenvalue weighted by Crippen LogP contribution is -2.06. The molecule has 1 unspecified atom stereocenters. The van der Waals surface area contributed by atoms with Gasteiger partial charge in [-0.25, -0.2) is 0 Å². The van der Waals surface area contributed by atoms with Crippen molar-refractivity contribution in [3.63, 3.8) is 0 Å². The Labute approximate surface area is 117 Å². The Balaban J connectivity index is 1.84. The van der Waals surface area contributed by atoms with Gasteiger partial charge in [0.15, 0.2) is 0 Å². The Bertz CT molecular complexity index is 485. The summed E-state index contributed by atoms with van der Waals surface area (Å²) in [6, 6.07) is 12.6. The molecule has 1 aromatic heterocycles. The van der Waals surface area contributed by atoms with Gasteiger partial charge in [-0.3, -0.25) is 4.98 Å². The van der Waals surface area contributed by atoms with Crippen LogP contribution in [0.1, 0.15) is 24.8 Å². The standard InChI is InChI=1S/C15H17BrN2/c1-12(13-5-3-2-4-6-13)7-10-18-15-8-9-17-11-14(15)16/h2-6,8-9,11-12H,7,10H2,1H3,(H,17,18). The first-order chi connectivity index (χ1) is 8.77. The zero-order valence-corrected chi connectivity index (χ0v) is 12.0. The second-order valence-electron chi connectivity index (χ2n) is 4.38. The molecule has 0 fully saturated rings. The molecule has 1 atom stereocenters. The molecule has 2 rings (SSSR count). The molecule has 0 bridgehead atoms. The van der Waals surface area contributed by atoms with Crippen molar-refractivity contribution in [3.05, 3.63) is 58.8 Å². The fourth-order valence-corrected chi connectivity index (χ4v) is 2.28. The highest BCUT2D eigenvalue weighted by molar-refractivity contribution is 9.10. The van der Waals surface area contributed by atoms with E-state index in [4.69, 9.17) is 0 Å². The van der Waals surface area contributed by atoms with Gasteiger partial charge in [-0.1, -0.05) is 37.3 Å². The maximum Gasteiger partial charge on any atom is 0.0590 e. The summed E-state index contributed by atoms with van der Waals surface area (Å²) in [4.78, 5) is 4.05. The van der Waals surface area contributed by atoms with Crippen LogP contribution in [-0.4, -0.2) is 11.5 Å². The van der Waals surface area contributed by atoms with Crippen LogP contribution in [0.4, 0.5) is 5.69 Å². The largest absolute Gasteiger partial charge is 0.384 e. The minimum absolute atomic E-state index is 0.569. The first-order valence-corrected chi connectivity index (χ1v) is 6.95. The SMILES string of the molecule is CC(CCNc1ccncc1Br)c1ccccc1. The quantitative estimate of drug-likeness (QED) is 0.882. The van der Waals surface area contributed by atoms with Gasteiger partial charge < -0.3 is 5.32 Å². The summed E-state index contributed by atoms with van der Waals surface area (Å²) in [7, 11) is 0. The van der Waals surface area contributed by atoms with E-state index in [1.807, 2.05) is 12.3 Å². The van der Waals surface area contributed by atoms with Crippen molar-refractivity contribution in [2.75, 3.05) is 11.9 Å². The Morgan fingerprint density at radius 3 is 2.72 bits per heavy atom. The van der Waals surface area contributed by atoms with E-state index < -0.39 is 0 Å². The molecule has 3 heteroatoms. The van der Waals surface area contributed by atoms with E-state index in [1.165, 1.54) is 5.56 Å². The summed E-state index contributed by atoms with van der Waals surface area (Å²) in [5.74, 6) is 0.569. The van der Waals surface area contributed by atoms with Gasteiger partial charge in [0.1, 0.15) is 0 Å². The van der Waals surface area contributed by atoms with Crippen LogP contribution in [0.15, 0.2) is 53.3 Å². The zero-order chi connectivity index (χ0) is 12.8. The highest BCUT2D eigenvalue weighted by atomic mass is 79.9. The van der Waals surface area contributed by atoms with Gasteiger partial charge in [0.05, 0.1) is 10.2 Å². The molecular weight excluding hydrogens is 288 g/mol. The lowest BCUT2D eigenvalue weighted by atomic mass is 9.98. The van der Waals surface area contributed by atoms with Crippen molar-refractivity contribution in [1.82, 2.24) is 4.98 Å². The second kappa shape index (κ2) is 6.55. The molecule has 0 radical (unpaired) electrons. The molecule has 0 amide bonds. The number of anilines is 1. The van der Waals surface area contributed by atoms with Crippen molar-refractivity contribution in [1.29, 1.82) is 0 Å². The lowest BCUT2D eigenvalue weighted by Gasteiger charge is -2.13. The lowest BCUT2D eigenvalue weighted by molar-refractivity contribution is 0.706. The van der Waals surface area contributed by atoms with Crippen LogP contribution in [0.25, 0.3) is 0 Å². The number of nitrogens with one attached hydrogen (secondary N) is 1. The predicted octanol–water partition coefficient (Wildman–Crippen LogP) is 4.45. The monoisotopic (exact) mass is 304 g/mol. The van der Waals surface area contributed by atoms with Crippen molar-refractivity contribution < 1.29 is 0 Å². The Morgan fingerprint density at radius 2 is 2.00 bits per heavy atom. The van der Waals surface area contributed by atoms with Gasteiger partial charge in [0.2, 0.25) is 0 Å². The predicted molar refractivity (Wildman–Crippen MR) is 79.9 cm³/mol. The Hall–Kier alpha value is -1.35. The van der Waals surface area contributed by atoms with Crippen molar-refractivity contribution in [2.45, 2.75) is 19.3 Å². The van der Waals surface area contributed by atoms with Gasteiger partial charge in [0, 0.05) is 18.9 Å². The molecule has 0 spiro atoms. The number of nitrogens with zero attached hydrogens (tertiary/aromatic N) is 1. The molecule has 18 heavy (non-hydrogen) atoms. The molecule has 0 saturated heterocycles. The van der Waals surface area contributed by atoms with E-state index >= 15 is 0 Å². The topological polar surface area (TPSA) is 24.9 Å². The number of hydrogen-bond donors (Lipinski definition) is 1. The maximum absolute atomic E-state index is 4.05. The van der Waals surface area contributed by atoms with Gasteiger partial charge in [-0.2, -0.15) is 0 Å². The smallest absolute Gasteiger partial charge is 0.0590 e. The number of benzene rings is 1. The van der Waals surface area contributed by atoms with Crippen LogP contribution in [-0.2, 0) is 0 Å². The first-order valence-electron chi connectivity index (χ1n) is 6.15. The summed E-state index contributed by atoms with van der Waals surface area (Å²) in [5.41, 5.74) is 2.50. The van der Waals surface area contributed by atoms with E-state index in [2.05, 4.69) is 63.5 Å². The molecule has 1 aromatic carbocycles. The average Bonchev–Trinajstić information content (AvgIpc) is 2.42. The third-order valence-electron chi connectivity index (χ3n) is 3.03. The Kier molecular flexibility index (Phi) is 4.76. The molecule has 2 nitrogen and oxygen atoms in total. The molecule has 2 aromatic rings.